The average molecular weight is 274 g/mol. The lowest BCUT2D eigenvalue weighted by Crippen LogP contribution is -2.22. The fraction of sp³-hybridized carbons (Fsp3) is 0.133. The number of methoxy groups -OCH3 is 1. The molecule has 0 unspecified atom stereocenters. The van der Waals surface area contributed by atoms with E-state index in [1.165, 1.54) is 19.2 Å². The van der Waals surface area contributed by atoms with Crippen LogP contribution in [0.1, 0.15) is 0 Å². The first-order valence-electron chi connectivity index (χ1n) is 6.11. The van der Waals surface area contributed by atoms with Gasteiger partial charge in [0.1, 0.15) is 11.6 Å². The molecule has 4 nitrogen and oxygen atoms in total. The number of hydrogen-bond donors (Lipinski definition) is 2. The molecule has 2 rings (SSSR count). The van der Waals surface area contributed by atoms with Crippen molar-refractivity contribution in [3.8, 4) is 5.75 Å². The molecule has 0 atom stereocenters. The summed E-state index contributed by atoms with van der Waals surface area (Å²) >= 11 is 0. The van der Waals surface area contributed by atoms with Crippen LogP contribution in [-0.2, 0) is 4.79 Å². The first-order valence-corrected chi connectivity index (χ1v) is 6.11. The SMILES string of the molecule is COc1ccccc1NC(=O)CNc1cccc(F)c1. The summed E-state index contributed by atoms with van der Waals surface area (Å²) in [6.07, 6.45) is 0. The van der Waals surface area contributed by atoms with Crippen LogP contribution in [0.15, 0.2) is 48.5 Å². The molecule has 104 valence electrons. The van der Waals surface area contributed by atoms with E-state index in [4.69, 9.17) is 4.74 Å². The third-order valence-electron chi connectivity index (χ3n) is 2.66. The molecule has 0 aliphatic rings. The minimum Gasteiger partial charge on any atom is -0.495 e. The maximum absolute atomic E-state index is 13.0. The van der Waals surface area contributed by atoms with E-state index >= 15 is 0 Å². The molecule has 0 radical (unpaired) electrons. The van der Waals surface area contributed by atoms with Gasteiger partial charge < -0.3 is 15.4 Å². The van der Waals surface area contributed by atoms with E-state index in [0.717, 1.165) is 0 Å². The lowest BCUT2D eigenvalue weighted by Gasteiger charge is -2.10. The highest BCUT2D eigenvalue weighted by Gasteiger charge is 2.06. The molecule has 5 heteroatoms. The number of rotatable bonds is 5. The smallest absolute Gasteiger partial charge is 0.243 e. The van der Waals surface area contributed by atoms with Crippen molar-refractivity contribution in [2.24, 2.45) is 0 Å². The van der Waals surface area contributed by atoms with E-state index in [2.05, 4.69) is 10.6 Å². The summed E-state index contributed by atoms with van der Waals surface area (Å²) in [5.41, 5.74) is 1.15. The van der Waals surface area contributed by atoms with Crippen LogP contribution in [-0.4, -0.2) is 19.6 Å². The van der Waals surface area contributed by atoms with Crippen LogP contribution in [0.2, 0.25) is 0 Å². The second kappa shape index (κ2) is 6.56. The van der Waals surface area contributed by atoms with E-state index in [1.807, 2.05) is 6.07 Å². The number of hydrogen-bond acceptors (Lipinski definition) is 3. The van der Waals surface area contributed by atoms with Gasteiger partial charge in [-0.1, -0.05) is 18.2 Å². The molecule has 0 aliphatic carbocycles. The van der Waals surface area contributed by atoms with Crippen molar-refractivity contribution >= 4 is 17.3 Å². The first-order chi connectivity index (χ1) is 9.69. The summed E-state index contributed by atoms with van der Waals surface area (Å²) < 4.78 is 18.1. The second-order valence-electron chi connectivity index (χ2n) is 4.11. The van der Waals surface area contributed by atoms with Gasteiger partial charge in [-0.25, -0.2) is 4.39 Å². The molecular formula is C15H15FN2O2. The Morgan fingerprint density at radius 1 is 1.20 bits per heavy atom. The van der Waals surface area contributed by atoms with Crippen molar-refractivity contribution in [3.63, 3.8) is 0 Å². The van der Waals surface area contributed by atoms with Crippen LogP contribution in [0.5, 0.6) is 5.75 Å². The Kier molecular flexibility index (Phi) is 4.55. The van der Waals surface area contributed by atoms with Gasteiger partial charge in [0.15, 0.2) is 0 Å². The fourth-order valence-electron chi connectivity index (χ4n) is 1.72. The zero-order chi connectivity index (χ0) is 14.4. The number of ether oxygens (including phenoxy) is 1. The normalized spacial score (nSPS) is 9.90. The third-order valence-corrected chi connectivity index (χ3v) is 2.66. The van der Waals surface area contributed by atoms with Gasteiger partial charge in [-0.15, -0.1) is 0 Å². The summed E-state index contributed by atoms with van der Waals surface area (Å²) in [7, 11) is 1.54. The Balaban J connectivity index is 1.93. The molecule has 2 aromatic carbocycles. The largest absolute Gasteiger partial charge is 0.495 e. The number of para-hydroxylation sites is 2. The van der Waals surface area contributed by atoms with E-state index in [0.29, 0.717) is 17.1 Å². The van der Waals surface area contributed by atoms with Gasteiger partial charge >= 0.3 is 0 Å². The van der Waals surface area contributed by atoms with Gasteiger partial charge in [-0.2, -0.15) is 0 Å². The third kappa shape index (κ3) is 3.71. The summed E-state index contributed by atoms with van der Waals surface area (Å²) in [6, 6.07) is 13.1. The van der Waals surface area contributed by atoms with Gasteiger partial charge in [0, 0.05) is 5.69 Å². The molecule has 2 N–H and O–H groups in total. The van der Waals surface area contributed by atoms with Crippen molar-refractivity contribution in [2.75, 3.05) is 24.3 Å². The predicted octanol–water partition coefficient (Wildman–Crippen LogP) is 2.88. The molecule has 0 aromatic heterocycles. The molecule has 0 saturated carbocycles. The van der Waals surface area contributed by atoms with E-state index in [9.17, 15) is 9.18 Å². The highest BCUT2D eigenvalue weighted by atomic mass is 19.1. The summed E-state index contributed by atoms with van der Waals surface area (Å²) in [5, 5.41) is 5.58. The molecule has 20 heavy (non-hydrogen) atoms. The van der Waals surface area contributed by atoms with E-state index < -0.39 is 0 Å². The molecule has 0 heterocycles. The minimum absolute atomic E-state index is 0.0432. The predicted molar refractivity (Wildman–Crippen MR) is 76.5 cm³/mol. The Labute approximate surface area is 116 Å². The minimum atomic E-state index is -0.347. The molecule has 0 fully saturated rings. The molecule has 0 aliphatic heterocycles. The molecule has 0 spiro atoms. The number of carbonyl (C=O) groups is 1. The van der Waals surface area contributed by atoms with E-state index in [1.54, 1.807) is 30.3 Å². The standard InChI is InChI=1S/C15H15FN2O2/c1-20-14-8-3-2-7-13(14)18-15(19)10-17-12-6-4-5-11(16)9-12/h2-9,17H,10H2,1H3,(H,18,19). The van der Waals surface area contributed by atoms with E-state index in [-0.39, 0.29) is 18.3 Å². The molecular weight excluding hydrogens is 259 g/mol. The topological polar surface area (TPSA) is 50.4 Å². The van der Waals surface area contributed by atoms with Gasteiger partial charge in [0.05, 0.1) is 19.3 Å². The van der Waals surface area contributed by atoms with Crippen molar-refractivity contribution in [3.05, 3.63) is 54.3 Å². The molecule has 0 bridgehead atoms. The molecule has 0 saturated heterocycles. The van der Waals surface area contributed by atoms with Crippen molar-refractivity contribution in [1.29, 1.82) is 0 Å². The van der Waals surface area contributed by atoms with Crippen molar-refractivity contribution in [1.82, 2.24) is 0 Å². The van der Waals surface area contributed by atoms with Crippen LogP contribution >= 0.6 is 0 Å². The summed E-state index contributed by atoms with van der Waals surface area (Å²) in [6.45, 7) is 0.0432. The lowest BCUT2D eigenvalue weighted by molar-refractivity contribution is -0.114. The van der Waals surface area contributed by atoms with Crippen LogP contribution < -0.4 is 15.4 Å². The van der Waals surface area contributed by atoms with Gasteiger partial charge in [-0.05, 0) is 30.3 Å². The number of carbonyl (C=O) groups excluding carboxylic acids is 1. The quantitative estimate of drug-likeness (QED) is 0.881. The highest BCUT2D eigenvalue weighted by Crippen LogP contribution is 2.22. The van der Waals surface area contributed by atoms with Crippen LogP contribution in [0, 0.1) is 5.82 Å². The number of anilines is 2. The fourth-order valence-corrected chi connectivity index (χ4v) is 1.72. The van der Waals surface area contributed by atoms with Crippen molar-refractivity contribution < 1.29 is 13.9 Å². The number of nitrogens with one attached hydrogen (secondary N) is 2. The molecule has 2 aromatic rings. The Morgan fingerprint density at radius 2 is 2.00 bits per heavy atom. The van der Waals surface area contributed by atoms with Gasteiger partial charge in [0.25, 0.3) is 0 Å². The molecule has 1 amide bonds. The van der Waals surface area contributed by atoms with Crippen LogP contribution in [0.4, 0.5) is 15.8 Å². The zero-order valence-electron chi connectivity index (χ0n) is 11.0. The van der Waals surface area contributed by atoms with Crippen molar-refractivity contribution in [2.45, 2.75) is 0 Å². The van der Waals surface area contributed by atoms with Gasteiger partial charge in [0.2, 0.25) is 5.91 Å². The highest BCUT2D eigenvalue weighted by molar-refractivity contribution is 5.95. The zero-order valence-corrected chi connectivity index (χ0v) is 11.0. The Bertz CT molecular complexity index is 602. The number of benzene rings is 2. The monoisotopic (exact) mass is 274 g/mol. The lowest BCUT2D eigenvalue weighted by atomic mass is 10.3. The van der Waals surface area contributed by atoms with Crippen LogP contribution in [0.3, 0.4) is 0 Å². The second-order valence-corrected chi connectivity index (χ2v) is 4.11. The van der Waals surface area contributed by atoms with Crippen LogP contribution in [0.25, 0.3) is 0 Å². The maximum Gasteiger partial charge on any atom is 0.243 e. The number of halogens is 1. The Morgan fingerprint density at radius 3 is 2.75 bits per heavy atom. The first kappa shape index (κ1) is 13.9. The van der Waals surface area contributed by atoms with Gasteiger partial charge in [-0.3, -0.25) is 4.79 Å². The number of amides is 1. The maximum atomic E-state index is 13.0. The summed E-state index contributed by atoms with van der Waals surface area (Å²) in [5.74, 6) is 0.00510. The average Bonchev–Trinajstić information content (AvgIpc) is 2.46. The Hall–Kier alpha value is -2.56. The summed E-state index contributed by atoms with van der Waals surface area (Å²) in [4.78, 5) is 11.8.